The Morgan fingerprint density at radius 3 is 2.38 bits per heavy atom. The van der Waals surface area contributed by atoms with Gasteiger partial charge in [-0.05, 0) is 24.3 Å². The van der Waals surface area contributed by atoms with Gasteiger partial charge in [0, 0.05) is 11.8 Å². The molecule has 0 radical (unpaired) electrons. The van der Waals surface area contributed by atoms with Crippen LogP contribution in [0.4, 0.5) is 17.6 Å². The van der Waals surface area contributed by atoms with Crippen molar-refractivity contribution in [2.24, 2.45) is 0 Å². The maximum atomic E-state index is 13.5. The first-order valence-electron chi connectivity index (χ1n) is 5.82. The monoisotopic (exact) mass is 292 g/mol. The van der Waals surface area contributed by atoms with Crippen molar-refractivity contribution >= 4 is 11.6 Å². The van der Waals surface area contributed by atoms with Crippen LogP contribution in [0.1, 0.15) is 16.8 Å². The highest BCUT2D eigenvalue weighted by molar-refractivity contribution is 5.88. The van der Waals surface area contributed by atoms with E-state index < -0.39 is 17.6 Å². The Bertz CT molecular complexity index is 710. The molecule has 0 fully saturated rings. The molecule has 2 rings (SSSR count). The molecule has 0 spiro atoms. The van der Waals surface area contributed by atoms with E-state index in [1.807, 2.05) is 0 Å². The lowest BCUT2D eigenvalue weighted by Crippen LogP contribution is -2.05. The Labute approximate surface area is 118 Å². The topological polar surface area (TPSA) is 36.7 Å². The van der Waals surface area contributed by atoms with Gasteiger partial charge in [0.15, 0.2) is 0 Å². The van der Waals surface area contributed by atoms with Gasteiger partial charge < -0.3 is 0 Å². The van der Waals surface area contributed by atoms with E-state index in [-0.39, 0.29) is 16.8 Å². The van der Waals surface area contributed by atoms with Crippen molar-refractivity contribution in [1.29, 1.82) is 5.26 Å². The molecule has 0 N–H and O–H groups in total. The van der Waals surface area contributed by atoms with Gasteiger partial charge in [-0.1, -0.05) is 18.2 Å². The molecule has 0 amide bonds. The Morgan fingerprint density at radius 2 is 1.86 bits per heavy atom. The molecule has 0 aliphatic carbocycles. The summed E-state index contributed by atoms with van der Waals surface area (Å²) in [6.45, 7) is 0. The van der Waals surface area contributed by atoms with E-state index in [0.717, 1.165) is 12.1 Å². The average Bonchev–Trinajstić information content (AvgIpc) is 2.46. The number of halogens is 4. The number of nitriles is 1. The molecule has 2 aromatic rings. The van der Waals surface area contributed by atoms with E-state index in [1.165, 1.54) is 24.3 Å². The highest BCUT2D eigenvalue weighted by atomic mass is 19.4. The van der Waals surface area contributed by atoms with Crippen LogP contribution in [-0.4, -0.2) is 4.98 Å². The summed E-state index contributed by atoms with van der Waals surface area (Å²) in [6, 6.07) is 9.47. The highest BCUT2D eigenvalue weighted by Crippen LogP contribution is 2.29. The molecule has 106 valence electrons. The lowest BCUT2D eigenvalue weighted by Gasteiger charge is -2.06. The van der Waals surface area contributed by atoms with Crippen molar-refractivity contribution in [3.05, 3.63) is 65.2 Å². The minimum Gasteiger partial charge on any atom is -0.255 e. The molecule has 0 bridgehead atoms. The summed E-state index contributed by atoms with van der Waals surface area (Å²) in [7, 11) is 0. The summed E-state index contributed by atoms with van der Waals surface area (Å²) in [4.78, 5) is 3.61. The molecule has 21 heavy (non-hydrogen) atoms. The fraction of sp³-hybridized carbons (Fsp3) is 0.0667. The molecule has 0 aliphatic heterocycles. The van der Waals surface area contributed by atoms with Gasteiger partial charge in [-0.2, -0.15) is 18.4 Å². The maximum Gasteiger partial charge on any atom is 0.417 e. The third-order valence-electron chi connectivity index (χ3n) is 2.69. The SMILES string of the molecule is N#C/C(=C/c1ccccc1F)c1ccc(C(F)(F)F)cn1. The van der Waals surface area contributed by atoms with Gasteiger partial charge in [0.25, 0.3) is 0 Å². The summed E-state index contributed by atoms with van der Waals surface area (Å²) in [6.07, 6.45) is -2.61. The van der Waals surface area contributed by atoms with Crippen LogP contribution in [0.2, 0.25) is 0 Å². The first kappa shape index (κ1) is 14.7. The average molecular weight is 292 g/mol. The summed E-state index contributed by atoms with van der Waals surface area (Å²) in [5.74, 6) is -0.530. The van der Waals surface area contributed by atoms with Gasteiger partial charge in [-0.25, -0.2) is 4.39 Å². The van der Waals surface area contributed by atoms with Gasteiger partial charge in [0.05, 0.1) is 16.8 Å². The molecule has 0 unspecified atom stereocenters. The van der Waals surface area contributed by atoms with Crippen molar-refractivity contribution < 1.29 is 17.6 Å². The Morgan fingerprint density at radius 1 is 1.14 bits per heavy atom. The second-order valence-corrected chi connectivity index (χ2v) is 4.12. The van der Waals surface area contributed by atoms with Crippen LogP contribution in [0, 0.1) is 17.1 Å². The van der Waals surface area contributed by atoms with E-state index in [0.29, 0.717) is 6.20 Å². The molecule has 0 saturated carbocycles. The number of alkyl halides is 3. The van der Waals surface area contributed by atoms with Crippen LogP contribution in [-0.2, 0) is 6.18 Å². The number of rotatable bonds is 2. The van der Waals surface area contributed by atoms with E-state index in [9.17, 15) is 17.6 Å². The minimum absolute atomic E-state index is 0.0196. The van der Waals surface area contributed by atoms with Crippen LogP contribution >= 0.6 is 0 Å². The van der Waals surface area contributed by atoms with E-state index in [4.69, 9.17) is 5.26 Å². The van der Waals surface area contributed by atoms with Crippen molar-refractivity contribution in [2.45, 2.75) is 6.18 Å². The van der Waals surface area contributed by atoms with Gasteiger partial charge in [-0.3, -0.25) is 4.98 Å². The number of pyridine rings is 1. The lowest BCUT2D eigenvalue weighted by molar-refractivity contribution is -0.137. The van der Waals surface area contributed by atoms with Crippen LogP contribution < -0.4 is 0 Å². The van der Waals surface area contributed by atoms with E-state index in [1.54, 1.807) is 12.1 Å². The standard InChI is InChI=1S/C15H8F4N2/c16-13-4-2-1-3-10(13)7-11(8-20)14-6-5-12(9-21-14)15(17,18)19/h1-7,9H/b11-7-. The zero-order chi connectivity index (χ0) is 15.5. The number of nitrogens with zero attached hydrogens (tertiary/aromatic N) is 2. The second kappa shape index (κ2) is 5.75. The largest absolute Gasteiger partial charge is 0.417 e. The van der Waals surface area contributed by atoms with Crippen molar-refractivity contribution in [3.63, 3.8) is 0 Å². The van der Waals surface area contributed by atoms with Crippen molar-refractivity contribution in [2.75, 3.05) is 0 Å². The van der Waals surface area contributed by atoms with Crippen LogP contribution in [0.15, 0.2) is 42.6 Å². The van der Waals surface area contributed by atoms with Gasteiger partial charge in [0.2, 0.25) is 0 Å². The summed E-state index contributed by atoms with van der Waals surface area (Å²) < 4.78 is 50.8. The normalized spacial score (nSPS) is 12.0. The minimum atomic E-state index is -4.49. The van der Waals surface area contributed by atoms with Gasteiger partial charge in [-0.15, -0.1) is 0 Å². The van der Waals surface area contributed by atoms with Crippen molar-refractivity contribution in [1.82, 2.24) is 4.98 Å². The molecule has 1 aromatic heterocycles. The molecule has 1 aromatic carbocycles. The third-order valence-corrected chi connectivity index (χ3v) is 2.69. The Hall–Kier alpha value is -2.68. The van der Waals surface area contributed by atoms with E-state index >= 15 is 0 Å². The number of hydrogen-bond donors (Lipinski definition) is 0. The Balaban J connectivity index is 2.39. The van der Waals surface area contributed by atoms with Gasteiger partial charge in [0.1, 0.15) is 11.9 Å². The summed E-state index contributed by atoms with van der Waals surface area (Å²) >= 11 is 0. The number of aromatic nitrogens is 1. The predicted octanol–water partition coefficient (Wildman–Crippen LogP) is 4.30. The molecule has 0 aliphatic rings. The molecule has 2 nitrogen and oxygen atoms in total. The molecular weight excluding hydrogens is 284 g/mol. The van der Waals surface area contributed by atoms with Gasteiger partial charge >= 0.3 is 6.18 Å². The lowest BCUT2D eigenvalue weighted by atomic mass is 10.1. The number of benzene rings is 1. The third kappa shape index (κ3) is 3.45. The molecule has 0 saturated heterocycles. The second-order valence-electron chi connectivity index (χ2n) is 4.12. The molecule has 1 heterocycles. The highest BCUT2D eigenvalue weighted by Gasteiger charge is 2.30. The number of hydrogen-bond acceptors (Lipinski definition) is 2. The van der Waals surface area contributed by atoms with Crippen LogP contribution in [0.5, 0.6) is 0 Å². The fourth-order valence-electron chi connectivity index (χ4n) is 1.63. The number of allylic oxidation sites excluding steroid dienone is 1. The zero-order valence-electron chi connectivity index (χ0n) is 10.5. The fourth-order valence-corrected chi connectivity index (χ4v) is 1.63. The van der Waals surface area contributed by atoms with Crippen molar-refractivity contribution in [3.8, 4) is 6.07 Å². The summed E-state index contributed by atoms with van der Waals surface area (Å²) in [5, 5.41) is 9.06. The first-order valence-corrected chi connectivity index (χ1v) is 5.82. The quantitative estimate of drug-likeness (QED) is 0.611. The Kier molecular flexibility index (Phi) is 4.03. The van der Waals surface area contributed by atoms with E-state index in [2.05, 4.69) is 4.98 Å². The molecular formula is C15H8F4N2. The van der Waals surface area contributed by atoms with Crippen LogP contribution in [0.25, 0.3) is 11.6 Å². The van der Waals surface area contributed by atoms with Crippen LogP contribution in [0.3, 0.4) is 0 Å². The molecule has 0 atom stereocenters. The smallest absolute Gasteiger partial charge is 0.255 e. The zero-order valence-corrected chi connectivity index (χ0v) is 10.5. The molecule has 6 heteroatoms. The maximum absolute atomic E-state index is 13.5. The first-order chi connectivity index (χ1) is 9.91. The summed E-state index contributed by atoms with van der Waals surface area (Å²) in [5.41, 5.74) is -0.715. The predicted molar refractivity (Wildman–Crippen MR) is 69.1 cm³/mol.